The zero-order valence-electron chi connectivity index (χ0n) is 8.60. The van der Waals surface area contributed by atoms with Gasteiger partial charge in [0, 0.05) is 12.0 Å². The van der Waals surface area contributed by atoms with E-state index in [4.69, 9.17) is 5.26 Å². The first kappa shape index (κ1) is 9.85. The van der Waals surface area contributed by atoms with E-state index in [1.807, 2.05) is 13.8 Å². The number of carbonyl (C=O) groups is 1. The minimum atomic E-state index is -2.34. The van der Waals surface area contributed by atoms with Crippen molar-refractivity contribution in [2.24, 2.45) is 0 Å². The molecule has 1 unspecified atom stereocenters. The van der Waals surface area contributed by atoms with Crippen LogP contribution in [0.3, 0.4) is 0 Å². The van der Waals surface area contributed by atoms with Gasteiger partial charge in [0.25, 0.3) is 5.67 Å². The largest absolute Gasteiger partial charge is 0.289 e. The molecule has 2 nitrogen and oxygen atoms in total. The molecule has 1 aliphatic rings. The average Bonchev–Trinajstić information content (AvgIpc) is 2.43. The topological polar surface area (TPSA) is 40.9 Å². The molecule has 0 saturated carbocycles. The van der Waals surface area contributed by atoms with E-state index < -0.39 is 11.5 Å². The minimum absolute atomic E-state index is 0.112. The molecule has 0 radical (unpaired) electrons. The van der Waals surface area contributed by atoms with Crippen LogP contribution in [-0.4, -0.2) is 11.5 Å². The van der Waals surface area contributed by atoms with Gasteiger partial charge in [0.05, 0.1) is 0 Å². The van der Waals surface area contributed by atoms with E-state index in [-0.39, 0.29) is 6.42 Å². The fraction of sp³-hybridized carbons (Fsp3) is 0.333. The van der Waals surface area contributed by atoms with Crippen LogP contribution in [0.1, 0.15) is 27.0 Å². The molecule has 1 aliphatic carbocycles. The summed E-state index contributed by atoms with van der Waals surface area (Å²) in [6.45, 7) is 3.78. The third-order valence-corrected chi connectivity index (χ3v) is 2.94. The van der Waals surface area contributed by atoms with Crippen molar-refractivity contribution in [2.75, 3.05) is 0 Å². The van der Waals surface area contributed by atoms with Gasteiger partial charge in [-0.05, 0) is 36.6 Å². The molecule has 1 aromatic rings. The molecule has 0 amide bonds. The normalized spacial score (nSPS) is 23.7. The molecule has 0 aliphatic heterocycles. The van der Waals surface area contributed by atoms with Crippen LogP contribution in [0.4, 0.5) is 4.39 Å². The number of benzene rings is 1. The molecule has 0 aromatic heterocycles. The predicted molar refractivity (Wildman–Crippen MR) is 53.4 cm³/mol. The average molecular weight is 203 g/mol. The molecule has 1 atom stereocenters. The second-order valence-electron chi connectivity index (χ2n) is 4.01. The Balaban J connectivity index is 2.62. The van der Waals surface area contributed by atoms with Gasteiger partial charge in [-0.3, -0.25) is 4.79 Å². The fourth-order valence-corrected chi connectivity index (χ4v) is 1.88. The number of rotatable bonds is 0. The third-order valence-electron chi connectivity index (χ3n) is 2.94. The third kappa shape index (κ3) is 1.25. The Morgan fingerprint density at radius 2 is 2.00 bits per heavy atom. The molecule has 0 bridgehead atoms. The first-order chi connectivity index (χ1) is 6.98. The fourth-order valence-electron chi connectivity index (χ4n) is 1.88. The summed E-state index contributed by atoms with van der Waals surface area (Å²) in [6.07, 6.45) is -0.112. The van der Waals surface area contributed by atoms with E-state index in [1.165, 1.54) is 6.07 Å². The maximum absolute atomic E-state index is 13.8. The quantitative estimate of drug-likeness (QED) is 0.649. The van der Waals surface area contributed by atoms with Crippen molar-refractivity contribution in [2.45, 2.75) is 25.9 Å². The van der Waals surface area contributed by atoms with Gasteiger partial charge < -0.3 is 0 Å². The molecular formula is C12H10FNO. The van der Waals surface area contributed by atoms with Gasteiger partial charge in [0.15, 0.2) is 0 Å². The summed E-state index contributed by atoms with van der Waals surface area (Å²) in [4.78, 5) is 11.6. The van der Waals surface area contributed by atoms with Gasteiger partial charge in [-0.15, -0.1) is 0 Å². The van der Waals surface area contributed by atoms with Gasteiger partial charge in [-0.2, -0.15) is 5.26 Å². The molecule has 1 aromatic carbocycles. The van der Waals surface area contributed by atoms with Crippen LogP contribution in [0.25, 0.3) is 0 Å². The second-order valence-corrected chi connectivity index (χ2v) is 4.01. The molecule has 3 heteroatoms. The number of halogens is 1. The van der Waals surface area contributed by atoms with Crippen LogP contribution in [0.15, 0.2) is 12.1 Å². The summed E-state index contributed by atoms with van der Waals surface area (Å²) in [6, 6.07) is 4.92. The predicted octanol–water partition coefficient (Wildman–Crippen LogP) is 2.27. The van der Waals surface area contributed by atoms with Crippen molar-refractivity contribution in [1.82, 2.24) is 0 Å². The van der Waals surface area contributed by atoms with E-state index in [2.05, 4.69) is 0 Å². The maximum Gasteiger partial charge on any atom is 0.261 e. The Kier molecular flexibility index (Phi) is 1.90. The van der Waals surface area contributed by atoms with Crippen molar-refractivity contribution in [3.63, 3.8) is 0 Å². The zero-order valence-corrected chi connectivity index (χ0v) is 8.60. The van der Waals surface area contributed by atoms with Gasteiger partial charge in [-0.1, -0.05) is 6.07 Å². The Morgan fingerprint density at radius 1 is 1.40 bits per heavy atom. The van der Waals surface area contributed by atoms with Crippen molar-refractivity contribution in [3.05, 3.63) is 34.4 Å². The number of carbonyl (C=O) groups excluding carboxylic acids is 1. The van der Waals surface area contributed by atoms with Gasteiger partial charge in [0.2, 0.25) is 5.78 Å². The Hall–Kier alpha value is -1.69. The summed E-state index contributed by atoms with van der Waals surface area (Å²) in [5.74, 6) is -0.692. The van der Waals surface area contributed by atoms with E-state index in [9.17, 15) is 9.18 Å². The lowest BCUT2D eigenvalue weighted by Gasteiger charge is -2.04. The summed E-state index contributed by atoms with van der Waals surface area (Å²) in [5, 5.41) is 8.66. The Bertz CT molecular complexity index is 501. The molecule has 0 spiro atoms. The number of alkyl halides is 1. The Labute approximate surface area is 87.3 Å². The van der Waals surface area contributed by atoms with E-state index >= 15 is 0 Å². The number of hydrogen-bond donors (Lipinski definition) is 0. The number of nitrogens with zero attached hydrogens (tertiary/aromatic N) is 1. The SMILES string of the molecule is Cc1cc2c(cc1C)C(=O)C(F)(C#N)C2. The standard InChI is InChI=1S/C12H10FNO/c1-7-3-9-5-12(13,6-14)11(15)10(9)4-8(7)2/h3-4H,5H2,1-2H3. The van der Waals surface area contributed by atoms with Crippen LogP contribution in [0.2, 0.25) is 0 Å². The van der Waals surface area contributed by atoms with Crippen LogP contribution in [0, 0.1) is 25.2 Å². The van der Waals surface area contributed by atoms with Crippen molar-refractivity contribution in [3.8, 4) is 6.07 Å². The van der Waals surface area contributed by atoms with Crippen LogP contribution in [0.5, 0.6) is 0 Å². The lowest BCUT2D eigenvalue weighted by atomic mass is 10.0. The van der Waals surface area contributed by atoms with E-state index in [0.717, 1.165) is 11.1 Å². The summed E-state index contributed by atoms with van der Waals surface area (Å²) >= 11 is 0. The van der Waals surface area contributed by atoms with Crippen molar-refractivity contribution in [1.29, 1.82) is 5.26 Å². The van der Waals surface area contributed by atoms with Gasteiger partial charge in [-0.25, -0.2) is 4.39 Å². The highest BCUT2D eigenvalue weighted by atomic mass is 19.1. The molecule has 76 valence electrons. The Morgan fingerprint density at radius 3 is 2.60 bits per heavy atom. The molecule has 0 heterocycles. The van der Waals surface area contributed by atoms with Crippen molar-refractivity contribution >= 4 is 5.78 Å². The number of ketones is 1. The lowest BCUT2D eigenvalue weighted by Crippen LogP contribution is -2.27. The molecule has 0 N–H and O–H groups in total. The summed E-state index contributed by atoms with van der Waals surface area (Å²) in [7, 11) is 0. The second kappa shape index (κ2) is 2.90. The molecular weight excluding hydrogens is 193 g/mol. The van der Waals surface area contributed by atoms with E-state index in [1.54, 1.807) is 12.1 Å². The first-order valence-corrected chi connectivity index (χ1v) is 4.73. The molecule has 15 heavy (non-hydrogen) atoms. The monoisotopic (exact) mass is 203 g/mol. The maximum atomic E-state index is 13.8. The van der Waals surface area contributed by atoms with Crippen LogP contribution < -0.4 is 0 Å². The number of nitriles is 1. The number of hydrogen-bond acceptors (Lipinski definition) is 2. The summed E-state index contributed by atoms with van der Waals surface area (Å²) in [5.41, 5.74) is 0.630. The highest BCUT2D eigenvalue weighted by Gasteiger charge is 2.46. The number of Topliss-reactive ketones (excluding diaryl/α,β-unsaturated/α-hetero) is 1. The highest BCUT2D eigenvalue weighted by Crippen LogP contribution is 2.34. The van der Waals surface area contributed by atoms with Gasteiger partial charge in [0.1, 0.15) is 6.07 Å². The smallest absolute Gasteiger partial charge is 0.261 e. The zero-order chi connectivity index (χ0) is 11.2. The minimum Gasteiger partial charge on any atom is -0.289 e. The van der Waals surface area contributed by atoms with Crippen molar-refractivity contribution < 1.29 is 9.18 Å². The first-order valence-electron chi connectivity index (χ1n) is 4.73. The molecule has 2 rings (SSSR count). The summed E-state index contributed by atoms with van der Waals surface area (Å²) < 4.78 is 13.8. The van der Waals surface area contributed by atoms with Gasteiger partial charge >= 0.3 is 0 Å². The highest BCUT2D eigenvalue weighted by molar-refractivity contribution is 6.08. The van der Waals surface area contributed by atoms with E-state index in [0.29, 0.717) is 11.1 Å². The lowest BCUT2D eigenvalue weighted by molar-refractivity contribution is 0.0820. The number of aryl methyl sites for hydroxylation is 2. The molecule has 0 saturated heterocycles. The molecule has 0 fully saturated rings. The number of fused-ring (bicyclic) bond motifs is 1. The van der Waals surface area contributed by atoms with Crippen LogP contribution >= 0.6 is 0 Å². The van der Waals surface area contributed by atoms with Crippen LogP contribution in [-0.2, 0) is 6.42 Å².